The van der Waals surface area contributed by atoms with Crippen molar-refractivity contribution in [1.29, 1.82) is 0 Å². The average molecular weight is 470 g/mol. The molecule has 1 atom stereocenters. The molecular weight excluding hydrogens is 444 g/mol. The number of imide groups is 1. The average Bonchev–Trinajstić information content (AvgIpc) is 3.23. The molecule has 3 rings (SSSR count). The summed E-state index contributed by atoms with van der Waals surface area (Å²) < 4.78 is 15.6. The lowest BCUT2D eigenvalue weighted by Gasteiger charge is -2.28. The zero-order chi connectivity index (χ0) is 25.2. The first kappa shape index (κ1) is 24.7. The summed E-state index contributed by atoms with van der Waals surface area (Å²) in [5, 5.41) is 2.47. The molecule has 2 heterocycles. The van der Waals surface area contributed by atoms with Crippen molar-refractivity contribution in [2.45, 2.75) is 40.7 Å². The Bertz CT molecular complexity index is 1130. The van der Waals surface area contributed by atoms with E-state index in [0.29, 0.717) is 0 Å². The Morgan fingerprint density at radius 2 is 1.44 bits per heavy atom. The molecule has 0 fully saturated rings. The maximum atomic E-state index is 13.3. The van der Waals surface area contributed by atoms with Gasteiger partial charge in [-0.2, -0.15) is 0 Å². The SMILES string of the molecule is CCOC(=O)c1c(C)oc(NC(=O)C(C(C)C)N2C(=O)c3ccccc3C2=O)c1C(=O)OCC. The number of hydrogen-bond acceptors (Lipinski definition) is 8. The molecule has 0 saturated heterocycles. The van der Waals surface area contributed by atoms with Gasteiger partial charge in [-0.15, -0.1) is 0 Å². The molecule has 1 aromatic heterocycles. The highest BCUT2D eigenvalue weighted by atomic mass is 16.5. The van der Waals surface area contributed by atoms with Crippen LogP contribution < -0.4 is 5.32 Å². The molecule has 1 aliphatic heterocycles. The van der Waals surface area contributed by atoms with E-state index in [1.165, 1.54) is 19.1 Å². The zero-order valence-corrected chi connectivity index (χ0v) is 19.6. The molecule has 34 heavy (non-hydrogen) atoms. The van der Waals surface area contributed by atoms with Crippen molar-refractivity contribution < 1.29 is 37.9 Å². The van der Waals surface area contributed by atoms with Crippen LogP contribution in [0.4, 0.5) is 5.88 Å². The number of carbonyl (C=O) groups is 5. The summed E-state index contributed by atoms with van der Waals surface area (Å²) in [7, 11) is 0. The molecule has 1 N–H and O–H groups in total. The Hall–Kier alpha value is -3.95. The number of hydrogen-bond donors (Lipinski definition) is 1. The highest BCUT2D eigenvalue weighted by Crippen LogP contribution is 2.31. The van der Waals surface area contributed by atoms with E-state index in [1.807, 2.05) is 0 Å². The van der Waals surface area contributed by atoms with Gasteiger partial charge in [0.1, 0.15) is 22.9 Å². The first-order valence-corrected chi connectivity index (χ1v) is 10.9. The molecule has 10 heteroatoms. The Labute approximate surface area is 196 Å². The third-order valence-corrected chi connectivity index (χ3v) is 5.28. The number of benzene rings is 1. The smallest absolute Gasteiger partial charge is 0.344 e. The van der Waals surface area contributed by atoms with Crippen LogP contribution in [-0.2, 0) is 14.3 Å². The van der Waals surface area contributed by atoms with Crippen molar-refractivity contribution in [3.8, 4) is 0 Å². The predicted molar refractivity (Wildman–Crippen MR) is 120 cm³/mol. The number of ether oxygens (including phenoxy) is 2. The fourth-order valence-corrected chi connectivity index (χ4v) is 3.84. The summed E-state index contributed by atoms with van der Waals surface area (Å²) in [6.45, 7) is 8.06. The monoisotopic (exact) mass is 470 g/mol. The summed E-state index contributed by atoms with van der Waals surface area (Å²) in [6.07, 6.45) is 0. The first-order chi connectivity index (χ1) is 16.1. The fraction of sp³-hybridized carbons (Fsp3) is 0.375. The van der Waals surface area contributed by atoms with Gasteiger partial charge in [-0.3, -0.25) is 24.6 Å². The number of nitrogens with one attached hydrogen (secondary N) is 1. The minimum absolute atomic E-state index is 0.0162. The number of nitrogens with zero attached hydrogens (tertiary/aromatic N) is 1. The summed E-state index contributed by atoms with van der Waals surface area (Å²) in [6, 6.07) is 5.09. The molecule has 0 saturated carbocycles. The summed E-state index contributed by atoms with van der Waals surface area (Å²) in [4.78, 5) is 65.3. The first-order valence-electron chi connectivity index (χ1n) is 10.9. The van der Waals surface area contributed by atoms with Crippen LogP contribution in [0.2, 0.25) is 0 Å². The maximum Gasteiger partial charge on any atom is 0.344 e. The minimum Gasteiger partial charge on any atom is -0.462 e. The second-order valence-electron chi connectivity index (χ2n) is 7.88. The number of esters is 2. The lowest BCUT2D eigenvalue weighted by Crippen LogP contribution is -2.50. The van der Waals surface area contributed by atoms with E-state index in [0.717, 1.165) is 4.90 Å². The van der Waals surface area contributed by atoms with Crippen molar-refractivity contribution >= 4 is 35.5 Å². The third kappa shape index (κ3) is 4.30. The Morgan fingerprint density at radius 1 is 0.941 bits per heavy atom. The van der Waals surface area contributed by atoms with Gasteiger partial charge in [0.15, 0.2) is 0 Å². The van der Waals surface area contributed by atoms with Crippen molar-refractivity contribution in [2.75, 3.05) is 18.5 Å². The second kappa shape index (κ2) is 9.90. The van der Waals surface area contributed by atoms with E-state index >= 15 is 0 Å². The standard InChI is InChI=1S/C24H26N2O8/c1-6-32-23(30)16-13(5)34-20(17(16)24(31)33-7-2)25-19(27)18(12(3)4)26-21(28)14-10-8-9-11-15(14)22(26)29/h8-12,18H,6-7H2,1-5H3,(H,25,27). The van der Waals surface area contributed by atoms with Crippen molar-refractivity contribution in [2.24, 2.45) is 5.92 Å². The molecule has 0 bridgehead atoms. The van der Waals surface area contributed by atoms with Crippen molar-refractivity contribution in [3.05, 3.63) is 52.3 Å². The van der Waals surface area contributed by atoms with Crippen LogP contribution in [0.1, 0.15) is 74.9 Å². The van der Waals surface area contributed by atoms with Gasteiger partial charge in [0.2, 0.25) is 11.8 Å². The molecule has 1 aliphatic rings. The second-order valence-corrected chi connectivity index (χ2v) is 7.88. The Kier molecular flexibility index (Phi) is 7.19. The third-order valence-electron chi connectivity index (χ3n) is 5.28. The largest absolute Gasteiger partial charge is 0.462 e. The Balaban J connectivity index is 2.00. The van der Waals surface area contributed by atoms with Crippen molar-refractivity contribution in [1.82, 2.24) is 4.90 Å². The lowest BCUT2D eigenvalue weighted by molar-refractivity contribution is -0.121. The zero-order valence-electron chi connectivity index (χ0n) is 19.6. The number of furan rings is 1. The van der Waals surface area contributed by atoms with Gasteiger partial charge in [0, 0.05) is 0 Å². The molecule has 0 radical (unpaired) electrons. The normalized spacial score (nSPS) is 13.6. The minimum atomic E-state index is -1.21. The van der Waals surface area contributed by atoms with Gasteiger partial charge in [-0.1, -0.05) is 26.0 Å². The molecule has 3 amide bonds. The van der Waals surface area contributed by atoms with Gasteiger partial charge in [-0.25, -0.2) is 9.59 Å². The number of carbonyl (C=O) groups excluding carboxylic acids is 5. The van der Waals surface area contributed by atoms with Crippen LogP contribution >= 0.6 is 0 Å². The van der Waals surface area contributed by atoms with Crippen LogP contribution in [-0.4, -0.2) is 53.8 Å². The molecular formula is C24H26N2O8. The summed E-state index contributed by atoms with van der Waals surface area (Å²) in [5.41, 5.74) is -0.0540. The van der Waals surface area contributed by atoms with Crippen molar-refractivity contribution in [3.63, 3.8) is 0 Å². The molecule has 180 valence electrons. The lowest BCUT2D eigenvalue weighted by atomic mass is 10.0. The maximum absolute atomic E-state index is 13.3. The van der Waals surface area contributed by atoms with E-state index in [-0.39, 0.29) is 47.1 Å². The van der Waals surface area contributed by atoms with E-state index in [2.05, 4.69) is 5.32 Å². The molecule has 2 aromatic rings. The Morgan fingerprint density at radius 3 is 1.91 bits per heavy atom. The number of fused-ring (bicyclic) bond motifs is 1. The quantitative estimate of drug-likeness (QED) is 0.459. The molecule has 1 unspecified atom stereocenters. The predicted octanol–water partition coefficient (Wildman–Crippen LogP) is 3.20. The van der Waals surface area contributed by atoms with Gasteiger partial charge in [0.25, 0.3) is 11.8 Å². The summed E-state index contributed by atoms with van der Waals surface area (Å²) in [5.74, 6) is -4.42. The fourth-order valence-electron chi connectivity index (χ4n) is 3.84. The van der Waals surface area contributed by atoms with Gasteiger partial charge < -0.3 is 13.9 Å². The van der Waals surface area contributed by atoms with Crippen LogP contribution in [0.3, 0.4) is 0 Å². The van der Waals surface area contributed by atoms with E-state index in [4.69, 9.17) is 13.9 Å². The highest BCUT2D eigenvalue weighted by molar-refractivity contribution is 6.23. The van der Waals surface area contributed by atoms with Gasteiger partial charge >= 0.3 is 11.9 Å². The van der Waals surface area contributed by atoms with E-state index in [9.17, 15) is 24.0 Å². The van der Waals surface area contributed by atoms with Crippen LogP contribution in [0, 0.1) is 12.8 Å². The molecule has 1 aromatic carbocycles. The van der Waals surface area contributed by atoms with Gasteiger partial charge in [0.05, 0.1) is 24.3 Å². The van der Waals surface area contributed by atoms with Crippen LogP contribution in [0.15, 0.2) is 28.7 Å². The van der Waals surface area contributed by atoms with E-state index in [1.54, 1.807) is 39.8 Å². The topological polar surface area (TPSA) is 132 Å². The number of rotatable bonds is 8. The number of amides is 3. The number of aryl methyl sites for hydroxylation is 1. The van der Waals surface area contributed by atoms with Gasteiger partial charge in [-0.05, 0) is 38.8 Å². The molecule has 0 aliphatic carbocycles. The highest BCUT2D eigenvalue weighted by Gasteiger charge is 2.44. The molecule has 10 nitrogen and oxygen atoms in total. The number of anilines is 1. The van der Waals surface area contributed by atoms with E-state index < -0.39 is 41.6 Å². The molecule has 0 spiro atoms. The van der Waals surface area contributed by atoms with Crippen LogP contribution in [0.5, 0.6) is 0 Å². The summed E-state index contributed by atoms with van der Waals surface area (Å²) >= 11 is 0. The van der Waals surface area contributed by atoms with Crippen LogP contribution in [0.25, 0.3) is 0 Å².